The quantitative estimate of drug-likeness (QED) is 0.259. The molecule has 4 nitrogen and oxygen atoms in total. The summed E-state index contributed by atoms with van der Waals surface area (Å²) in [6.07, 6.45) is 1.24. The van der Waals surface area contributed by atoms with E-state index < -0.39 is 6.04 Å². The van der Waals surface area contributed by atoms with Gasteiger partial charge in [0.05, 0.1) is 5.75 Å². The smallest absolute Gasteiger partial charge is 0.243 e. The minimum absolute atomic E-state index is 0.0124. The molecule has 0 saturated carbocycles. The van der Waals surface area contributed by atoms with Gasteiger partial charge in [0.15, 0.2) is 0 Å². The monoisotopic (exact) mass is 556 g/mol. The van der Waals surface area contributed by atoms with E-state index in [-0.39, 0.29) is 23.6 Å². The van der Waals surface area contributed by atoms with Crippen LogP contribution in [0.3, 0.4) is 0 Å². The van der Waals surface area contributed by atoms with E-state index in [0.29, 0.717) is 28.8 Å². The molecule has 0 aliphatic rings. The molecule has 3 aromatic carbocycles. The van der Waals surface area contributed by atoms with Gasteiger partial charge >= 0.3 is 0 Å². The fraction of sp³-hybridized carbons (Fsp3) is 0.333. The van der Waals surface area contributed by atoms with Gasteiger partial charge in [-0.2, -0.15) is 0 Å². The third kappa shape index (κ3) is 8.80. The average molecular weight is 558 g/mol. The van der Waals surface area contributed by atoms with Crippen LogP contribution in [-0.2, 0) is 28.3 Å². The Morgan fingerprint density at radius 3 is 2.24 bits per heavy atom. The molecule has 0 bridgehead atoms. The number of halogens is 2. The third-order valence-corrected chi connectivity index (χ3v) is 7.89. The Labute approximate surface area is 234 Å². The van der Waals surface area contributed by atoms with Crippen molar-refractivity contribution in [3.05, 3.63) is 105 Å². The van der Waals surface area contributed by atoms with E-state index in [1.54, 1.807) is 23.1 Å². The molecule has 1 N–H and O–H groups in total. The summed E-state index contributed by atoms with van der Waals surface area (Å²) in [6.45, 7) is 6.38. The summed E-state index contributed by atoms with van der Waals surface area (Å²) in [4.78, 5) is 29.0. The third-order valence-electron chi connectivity index (χ3n) is 6.24. The van der Waals surface area contributed by atoms with Crippen LogP contribution in [0.2, 0.25) is 10.0 Å². The highest BCUT2D eigenvalue weighted by Gasteiger charge is 2.31. The van der Waals surface area contributed by atoms with Gasteiger partial charge < -0.3 is 10.2 Å². The molecule has 0 unspecified atom stereocenters. The van der Waals surface area contributed by atoms with Gasteiger partial charge in [0.2, 0.25) is 11.8 Å². The zero-order valence-corrected chi connectivity index (χ0v) is 23.9. The maximum Gasteiger partial charge on any atom is 0.243 e. The largest absolute Gasteiger partial charge is 0.352 e. The Hall–Kier alpha value is -2.47. The fourth-order valence-electron chi connectivity index (χ4n) is 4.00. The van der Waals surface area contributed by atoms with E-state index in [2.05, 4.69) is 11.4 Å². The second-order valence-electron chi connectivity index (χ2n) is 9.23. The maximum absolute atomic E-state index is 13.7. The molecule has 0 aliphatic heterocycles. The van der Waals surface area contributed by atoms with E-state index in [1.165, 1.54) is 11.8 Å². The van der Waals surface area contributed by atoms with Crippen molar-refractivity contribution < 1.29 is 9.59 Å². The van der Waals surface area contributed by atoms with E-state index in [0.717, 1.165) is 28.7 Å². The zero-order valence-electron chi connectivity index (χ0n) is 21.5. The van der Waals surface area contributed by atoms with Crippen LogP contribution in [0, 0.1) is 6.92 Å². The van der Waals surface area contributed by atoms with E-state index in [4.69, 9.17) is 23.2 Å². The molecule has 0 aromatic heterocycles. The van der Waals surface area contributed by atoms with Crippen molar-refractivity contribution in [2.45, 2.75) is 58.0 Å². The van der Waals surface area contributed by atoms with Crippen molar-refractivity contribution in [3.63, 3.8) is 0 Å². The normalized spacial score (nSPS) is 12.6. The number of nitrogens with one attached hydrogen (secondary N) is 1. The van der Waals surface area contributed by atoms with Crippen LogP contribution in [0.1, 0.15) is 42.5 Å². The molecule has 0 spiro atoms. The van der Waals surface area contributed by atoms with Crippen molar-refractivity contribution in [2.24, 2.45) is 0 Å². The molecule has 2 atom stereocenters. The topological polar surface area (TPSA) is 49.4 Å². The van der Waals surface area contributed by atoms with Gasteiger partial charge in [0.25, 0.3) is 0 Å². The number of benzene rings is 3. The van der Waals surface area contributed by atoms with Crippen LogP contribution >= 0.6 is 35.0 Å². The van der Waals surface area contributed by atoms with Gasteiger partial charge in [-0.1, -0.05) is 96.4 Å². The summed E-state index contributed by atoms with van der Waals surface area (Å²) in [5.74, 6) is 0.466. The van der Waals surface area contributed by atoms with Gasteiger partial charge in [-0.3, -0.25) is 9.59 Å². The molecule has 0 radical (unpaired) electrons. The lowest BCUT2D eigenvalue weighted by Crippen LogP contribution is -2.52. The fourth-order valence-corrected chi connectivity index (χ4v) is 5.64. The molecule has 37 heavy (non-hydrogen) atoms. The Kier molecular flexibility index (Phi) is 11.4. The number of rotatable bonds is 12. The standard InChI is InChI=1S/C30H34Cl2N2O2S/c1-4-22(3)33-30(36)28(17-23-11-6-5-7-12-23)34(18-24-13-8-10-21(2)16-24)29(35)20-37-19-25-26(31)14-9-15-27(25)32/h5-16,22,28H,4,17-20H2,1-3H3,(H,33,36)/t22-,28+/m1/s1. The number of thioether (sulfide) groups is 1. The number of hydrogen-bond donors (Lipinski definition) is 1. The lowest BCUT2D eigenvalue weighted by Gasteiger charge is -2.32. The van der Waals surface area contributed by atoms with Crippen LogP contribution in [-0.4, -0.2) is 34.6 Å². The van der Waals surface area contributed by atoms with Gasteiger partial charge in [0.1, 0.15) is 6.04 Å². The van der Waals surface area contributed by atoms with Crippen molar-refractivity contribution in [1.29, 1.82) is 0 Å². The summed E-state index contributed by atoms with van der Waals surface area (Å²) >= 11 is 14.1. The summed E-state index contributed by atoms with van der Waals surface area (Å²) in [7, 11) is 0. The molecule has 7 heteroatoms. The average Bonchev–Trinajstić information content (AvgIpc) is 2.88. The van der Waals surface area contributed by atoms with Gasteiger partial charge in [-0.25, -0.2) is 0 Å². The van der Waals surface area contributed by atoms with Crippen LogP contribution in [0.25, 0.3) is 0 Å². The number of amides is 2. The van der Waals surface area contributed by atoms with Gasteiger partial charge in [-0.05, 0) is 49.1 Å². The number of aryl methyl sites for hydroxylation is 1. The lowest BCUT2D eigenvalue weighted by molar-refractivity contribution is -0.139. The van der Waals surface area contributed by atoms with Gasteiger partial charge in [0, 0.05) is 34.8 Å². The summed E-state index contributed by atoms with van der Waals surface area (Å²) in [6, 6.07) is 22.7. The first-order valence-electron chi connectivity index (χ1n) is 12.5. The molecular formula is C30H34Cl2N2O2S. The highest BCUT2D eigenvalue weighted by atomic mass is 35.5. The first-order chi connectivity index (χ1) is 17.8. The predicted octanol–water partition coefficient (Wildman–Crippen LogP) is 7.09. The van der Waals surface area contributed by atoms with E-state index >= 15 is 0 Å². The molecule has 0 heterocycles. The lowest BCUT2D eigenvalue weighted by atomic mass is 10.0. The molecule has 0 aliphatic carbocycles. The van der Waals surface area contributed by atoms with Crippen molar-refractivity contribution in [2.75, 3.05) is 5.75 Å². The highest BCUT2D eigenvalue weighted by Crippen LogP contribution is 2.28. The molecule has 196 valence electrons. The van der Waals surface area contributed by atoms with Crippen LogP contribution in [0.4, 0.5) is 0 Å². The Morgan fingerprint density at radius 1 is 0.946 bits per heavy atom. The maximum atomic E-state index is 13.7. The molecule has 0 fully saturated rings. The first-order valence-corrected chi connectivity index (χ1v) is 14.4. The minimum atomic E-state index is -0.645. The zero-order chi connectivity index (χ0) is 26.8. The second-order valence-corrected chi connectivity index (χ2v) is 11.0. The summed E-state index contributed by atoms with van der Waals surface area (Å²) in [5.41, 5.74) is 3.91. The number of carbonyl (C=O) groups excluding carboxylic acids is 2. The summed E-state index contributed by atoms with van der Waals surface area (Å²) in [5, 5.41) is 4.27. The number of hydrogen-bond acceptors (Lipinski definition) is 3. The van der Waals surface area contributed by atoms with Crippen molar-refractivity contribution >= 4 is 46.8 Å². The molecule has 2 amide bonds. The first kappa shape index (κ1) is 29.1. The molecule has 3 aromatic rings. The van der Waals surface area contributed by atoms with E-state index in [1.807, 2.05) is 69.3 Å². The van der Waals surface area contributed by atoms with Crippen LogP contribution < -0.4 is 5.32 Å². The van der Waals surface area contributed by atoms with E-state index in [9.17, 15) is 9.59 Å². The van der Waals surface area contributed by atoms with Crippen LogP contribution in [0.15, 0.2) is 72.8 Å². The number of carbonyl (C=O) groups is 2. The molecule has 0 saturated heterocycles. The molecule has 3 rings (SSSR count). The summed E-state index contributed by atoms with van der Waals surface area (Å²) < 4.78 is 0. The highest BCUT2D eigenvalue weighted by molar-refractivity contribution is 7.99. The van der Waals surface area contributed by atoms with Gasteiger partial charge in [-0.15, -0.1) is 11.8 Å². The van der Waals surface area contributed by atoms with Crippen LogP contribution in [0.5, 0.6) is 0 Å². The van der Waals surface area contributed by atoms with Crippen molar-refractivity contribution in [3.8, 4) is 0 Å². The van der Waals surface area contributed by atoms with Crippen molar-refractivity contribution in [1.82, 2.24) is 10.2 Å². The second kappa shape index (κ2) is 14.5. The molecular weight excluding hydrogens is 523 g/mol. The Bertz CT molecular complexity index is 1170. The minimum Gasteiger partial charge on any atom is -0.352 e. The SMILES string of the molecule is CC[C@@H](C)NC(=O)[C@H](Cc1ccccc1)N(Cc1cccc(C)c1)C(=O)CSCc1c(Cl)cccc1Cl. The Balaban J connectivity index is 1.88. The predicted molar refractivity (Wildman–Crippen MR) is 156 cm³/mol. The Morgan fingerprint density at radius 2 is 1.59 bits per heavy atom. The number of nitrogens with zero attached hydrogens (tertiary/aromatic N) is 1.